The van der Waals surface area contributed by atoms with Crippen LogP contribution in [0.1, 0.15) is 21.3 Å². The highest BCUT2D eigenvalue weighted by Crippen LogP contribution is 2.38. The van der Waals surface area contributed by atoms with E-state index in [1.807, 2.05) is 30.3 Å². The van der Waals surface area contributed by atoms with Gasteiger partial charge in [-0.2, -0.15) is 0 Å². The second kappa shape index (κ2) is 5.63. The summed E-state index contributed by atoms with van der Waals surface area (Å²) in [6.45, 7) is 0.630. The van der Waals surface area contributed by atoms with Gasteiger partial charge in [0.25, 0.3) is 5.91 Å². The Morgan fingerprint density at radius 3 is 2.85 bits per heavy atom. The molecule has 102 valence electrons. The molecule has 1 aromatic heterocycles. The summed E-state index contributed by atoms with van der Waals surface area (Å²) in [7, 11) is 0. The average molecular weight is 288 g/mol. The number of pyridine rings is 1. The van der Waals surface area contributed by atoms with Crippen LogP contribution >= 0.6 is 11.8 Å². The largest absolute Gasteiger partial charge is 0.322 e. The molecule has 0 bridgehead atoms. The summed E-state index contributed by atoms with van der Waals surface area (Å²) in [5.74, 6) is 0.0165. The molecule has 0 aliphatic carbocycles. The fourth-order valence-corrected chi connectivity index (χ4v) is 3.53. The molecule has 1 aliphatic rings. The van der Waals surface area contributed by atoms with E-state index in [1.54, 1.807) is 16.7 Å². The van der Waals surface area contributed by atoms with Crippen molar-refractivity contribution < 1.29 is 9.18 Å². The minimum absolute atomic E-state index is 0.0451. The van der Waals surface area contributed by atoms with Gasteiger partial charge >= 0.3 is 0 Å². The summed E-state index contributed by atoms with van der Waals surface area (Å²) >= 11 is 1.70. The van der Waals surface area contributed by atoms with Gasteiger partial charge in [0, 0.05) is 18.5 Å². The van der Waals surface area contributed by atoms with Gasteiger partial charge in [0.05, 0.1) is 11.8 Å². The van der Waals surface area contributed by atoms with Gasteiger partial charge in [0.2, 0.25) is 0 Å². The van der Waals surface area contributed by atoms with E-state index in [-0.39, 0.29) is 16.8 Å². The lowest BCUT2D eigenvalue weighted by molar-refractivity contribution is 0.0755. The van der Waals surface area contributed by atoms with Gasteiger partial charge in [0.15, 0.2) is 5.82 Å². The number of carbonyl (C=O) groups is 1. The van der Waals surface area contributed by atoms with Crippen molar-refractivity contribution in [2.75, 3.05) is 12.3 Å². The lowest BCUT2D eigenvalue weighted by atomic mass is 10.1. The van der Waals surface area contributed by atoms with Crippen LogP contribution in [0.5, 0.6) is 0 Å². The second-order valence-corrected chi connectivity index (χ2v) is 5.68. The Balaban J connectivity index is 1.90. The van der Waals surface area contributed by atoms with Crippen LogP contribution in [0.15, 0.2) is 48.8 Å². The van der Waals surface area contributed by atoms with E-state index >= 15 is 0 Å². The van der Waals surface area contributed by atoms with Crippen molar-refractivity contribution in [3.63, 3.8) is 0 Å². The van der Waals surface area contributed by atoms with Crippen LogP contribution < -0.4 is 0 Å². The van der Waals surface area contributed by atoms with Crippen LogP contribution in [-0.2, 0) is 0 Å². The van der Waals surface area contributed by atoms with Crippen LogP contribution in [-0.4, -0.2) is 28.1 Å². The van der Waals surface area contributed by atoms with E-state index < -0.39 is 5.82 Å². The van der Waals surface area contributed by atoms with Gasteiger partial charge in [-0.3, -0.25) is 9.78 Å². The molecular weight excluding hydrogens is 275 g/mol. The minimum Gasteiger partial charge on any atom is -0.322 e. The molecule has 1 saturated heterocycles. The molecule has 2 heterocycles. The molecular formula is C15H13FN2OS. The maximum absolute atomic E-state index is 13.7. The monoisotopic (exact) mass is 288 g/mol. The average Bonchev–Trinajstić information content (AvgIpc) is 2.97. The highest BCUT2D eigenvalue weighted by Gasteiger charge is 2.32. The zero-order chi connectivity index (χ0) is 13.9. The van der Waals surface area contributed by atoms with Gasteiger partial charge in [-0.05, 0) is 11.6 Å². The predicted molar refractivity (Wildman–Crippen MR) is 76.9 cm³/mol. The molecule has 0 N–H and O–H groups in total. The topological polar surface area (TPSA) is 33.2 Å². The van der Waals surface area contributed by atoms with Gasteiger partial charge in [-0.15, -0.1) is 11.8 Å². The van der Waals surface area contributed by atoms with Crippen LogP contribution in [0.3, 0.4) is 0 Å². The number of hydrogen-bond acceptors (Lipinski definition) is 3. The van der Waals surface area contributed by atoms with Crippen molar-refractivity contribution in [2.45, 2.75) is 5.37 Å². The Morgan fingerprint density at radius 2 is 2.10 bits per heavy atom. The Morgan fingerprint density at radius 1 is 1.30 bits per heavy atom. The van der Waals surface area contributed by atoms with Crippen LogP contribution in [0.25, 0.3) is 0 Å². The first-order valence-corrected chi connectivity index (χ1v) is 7.39. The maximum atomic E-state index is 13.7. The van der Waals surface area contributed by atoms with Gasteiger partial charge in [-0.25, -0.2) is 4.39 Å². The number of rotatable bonds is 2. The van der Waals surface area contributed by atoms with Gasteiger partial charge in [0.1, 0.15) is 5.37 Å². The molecule has 3 rings (SSSR count). The predicted octanol–water partition coefficient (Wildman–Crippen LogP) is 3.11. The molecule has 1 amide bonds. The number of hydrogen-bond donors (Lipinski definition) is 0. The molecule has 2 aromatic rings. The van der Waals surface area contributed by atoms with E-state index in [0.717, 1.165) is 17.5 Å². The molecule has 5 heteroatoms. The number of aromatic nitrogens is 1. The van der Waals surface area contributed by atoms with E-state index in [1.165, 1.54) is 12.3 Å². The first-order chi connectivity index (χ1) is 9.77. The number of nitrogens with zero attached hydrogens (tertiary/aromatic N) is 2. The summed E-state index contributed by atoms with van der Waals surface area (Å²) in [4.78, 5) is 17.9. The van der Waals surface area contributed by atoms with Crippen molar-refractivity contribution in [3.8, 4) is 0 Å². The second-order valence-electron chi connectivity index (χ2n) is 4.49. The third kappa shape index (κ3) is 2.41. The summed E-state index contributed by atoms with van der Waals surface area (Å²) in [6, 6.07) is 11.3. The highest BCUT2D eigenvalue weighted by atomic mass is 32.2. The number of benzene rings is 1. The summed E-state index contributed by atoms with van der Waals surface area (Å²) in [6.07, 6.45) is 2.52. The summed E-state index contributed by atoms with van der Waals surface area (Å²) in [5, 5.41) is -0.0451. The third-order valence-corrected chi connectivity index (χ3v) is 4.50. The Hall–Kier alpha value is -1.88. The molecule has 1 fully saturated rings. The smallest absolute Gasteiger partial charge is 0.258 e. The van der Waals surface area contributed by atoms with E-state index in [0.29, 0.717) is 6.54 Å². The van der Waals surface area contributed by atoms with Crippen molar-refractivity contribution in [1.82, 2.24) is 9.88 Å². The van der Waals surface area contributed by atoms with Gasteiger partial charge in [-0.1, -0.05) is 30.3 Å². The zero-order valence-electron chi connectivity index (χ0n) is 10.7. The van der Waals surface area contributed by atoms with Crippen LogP contribution in [0.2, 0.25) is 0 Å². The number of amides is 1. The zero-order valence-corrected chi connectivity index (χ0v) is 11.5. The molecule has 0 spiro atoms. The minimum atomic E-state index is -0.568. The molecule has 3 nitrogen and oxygen atoms in total. The van der Waals surface area contributed by atoms with Crippen molar-refractivity contribution in [3.05, 3.63) is 65.7 Å². The molecule has 20 heavy (non-hydrogen) atoms. The molecule has 1 atom stereocenters. The normalized spacial score (nSPS) is 18.2. The fraction of sp³-hybridized carbons (Fsp3) is 0.200. The Bertz CT molecular complexity index is 620. The van der Waals surface area contributed by atoms with Crippen LogP contribution in [0, 0.1) is 5.82 Å². The number of thioether (sulfide) groups is 1. The molecule has 0 saturated carbocycles. The van der Waals surface area contributed by atoms with E-state index in [2.05, 4.69) is 4.98 Å². The SMILES string of the molecule is O=C(c1ccncc1F)N1CCSC1c1ccccc1. The maximum Gasteiger partial charge on any atom is 0.258 e. The van der Waals surface area contributed by atoms with Crippen LogP contribution in [0.4, 0.5) is 4.39 Å². The van der Waals surface area contributed by atoms with E-state index in [9.17, 15) is 9.18 Å². The number of carbonyl (C=O) groups excluding carboxylic acids is 1. The lowest BCUT2D eigenvalue weighted by Gasteiger charge is -2.24. The summed E-state index contributed by atoms with van der Waals surface area (Å²) in [5.41, 5.74) is 1.15. The first-order valence-electron chi connectivity index (χ1n) is 6.34. The molecule has 1 aromatic carbocycles. The lowest BCUT2D eigenvalue weighted by Crippen LogP contribution is -2.31. The standard InChI is InChI=1S/C15H13FN2OS/c16-13-10-17-7-6-12(13)14(19)18-8-9-20-15(18)11-4-2-1-3-5-11/h1-7,10,15H,8-9H2. The van der Waals surface area contributed by atoms with Crippen molar-refractivity contribution in [1.29, 1.82) is 0 Å². The molecule has 1 unspecified atom stereocenters. The van der Waals surface area contributed by atoms with E-state index in [4.69, 9.17) is 0 Å². The van der Waals surface area contributed by atoms with Crippen molar-refractivity contribution >= 4 is 17.7 Å². The number of halogens is 1. The molecule has 1 aliphatic heterocycles. The Labute approximate surface area is 120 Å². The first kappa shape index (κ1) is 13.1. The molecule has 0 radical (unpaired) electrons. The quantitative estimate of drug-likeness (QED) is 0.851. The van der Waals surface area contributed by atoms with Gasteiger partial charge < -0.3 is 4.90 Å². The fourth-order valence-electron chi connectivity index (χ4n) is 2.28. The highest BCUT2D eigenvalue weighted by molar-refractivity contribution is 7.99. The Kier molecular flexibility index (Phi) is 3.69. The third-order valence-electron chi connectivity index (χ3n) is 3.24. The van der Waals surface area contributed by atoms with Crippen molar-refractivity contribution in [2.24, 2.45) is 0 Å². The summed E-state index contributed by atoms with van der Waals surface area (Å²) < 4.78 is 13.7.